The van der Waals surface area contributed by atoms with E-state index in [1.54, 1.807) is 21.9 Å². The molecule has 1 atom stereocenters. The molecule has 7 nitrogen and oxygen atoms in total. The Morgan fingerprint density at radius 1 is 0.636 bits per heavy atom. The summed E-state index contributed by atoms with van der Waals surface area (Å²) in [7, 11) is 0. The number of rotatable bonds is 8. The molecule has 0 aliphatic carbocycles. The molecule has 1 aliphatic heterocycles. The fourth-order valence-corrected chi connectivity index (χ4v) is 5.49. The van der Waals surface area contributed by atoms with Gasteiger partial charge in [0.15, 0.2) is 0 Å². The van der Waals surface area contributed by atoms with E-state index < -0.39 is 23.6 Å². The molecule has 0 radical (unpaired) electrons. The van der Waals surface area contributed by atoms with Gasteiger partial charge in [-0.15, -0.1) is 0 Å². The van der Waals surface area contributed by atoms with E-state index in [0.29, 0.717) is 29.3 Å². The minimum Gasteiger partial charge on any atom is -0.326 e. The number of para-hydroxylation sites is 3. The number of benzene rings is 5. The Bertz CT molecular complexity index is 1770. The summed E-state index contributed by atoms with van der Waals surface area (Å²) < 4.78 is 0. The van der Waals surface area contributed by atoms with Crippen LogP contribution in [0.15, 0.2) is 133 Å². The lowest BCUT2D eigenvalue weighted by molar-refractivity contribution is -0.134. The second-order valence-electron chi connectivity index (χ2n) is 10.7. The molecule has 0 saturated heterocycles. The van der Waals surface area contributed by atoms with E-state index in [4.69, 9.17) is 5.73 Å². The summed E-state index contributed by atoms with van der Waals surface area (Å²) in [5.41, 5.74) is 12.1. The van der Waals surface area contributed by atoms with Gasteiger partial charge in [0.1, 0.15) is 5.92 Å². The highest BCUT2D eigenvalue weighted by atomic mass is 16.2. The lowest BCUT2D eigenvalue weighted by Gasteiger charge is -2.26. The van der Waals surface area contributed by atoms with E-state index in [1.165, 1.54) is 0 Å². The van der Waals surface area contributed by atoms with Crippen LogP contribution in [0.5, 0.6) is 0 Å². The van der Waals surface area contributed by atoms with Gasteiger partial charge in [-0.1, -0.05) is 97.1 Å². The number of hydrogen-bond acceptors (Lipinski definition) is 4. The summed E-state index contributed by atoms with van der Waals surface area (Å²) in [6.07, 6.45) is -0.304. The largest absolute Gasteiger partial charge is 0.326 e. The third-order valence-corrected chi connectivity index (χ3v) is 7.78. The van der Waals surface area contributed by atoms with Crippen molar-refractivity contribution in [3.8, 4) is 11.1 Å². The highest BCUT2D eigenvalue weighted by molar-refractivity contribution is 6.21. The average Bonchev–Trinajstić information content (AvgIpc) is 3.15. The molecule has 0 bridgehead atoms. The highest BCUT2D eigenvalue weighted by Gasteiger charge is 2.42. The van der Waals surface area contributed by atoms with Crippen LogP contribution in [-0.2, 0) is 27.5 Å². The zero-order valence-electron chi connectivity index (χ0n) is 24.1. The van der Waals surface area contributed by atoms with Gasteiger partial charge in [0.2, 0.25) is 17.7 Å². The van der Waals surface area contributed by atoms with E-state index in [0.717, 1.165) is 22.3 Å². The van der Waals surface area contributed by atoms with Crippen LogP contribution in [-0.4, -0.2) is 17.7 Å². The fraction of sp³-hybridized carbons (Fsp3) is 0.108. The summed E-state index contributed by atoms with van der Waals surface area (Å²) in [4.78, 5) is 45.1. The number of amides is 3. The first-order chi connectivity index (χ1) is 21.5. The number of hydrogen-bond donors (Lipinski definition) is 2. The molecule has 6 rings (SSSR count). The maximum Gasteiger partial charge on any atom is 0.244 e. The van der Waals surface area contributed by atoms with E-state index in [9.17, 15) is 14.4 Å². The Hall–Kier alpha value is -5.53. The van der Waals surface area contributed by atoms with Crippen LogP contribution in [0.2, 0.25) is 0 Å². The number of carbonyl (C=O) groups is 3. The first-order valence-corrected chi connectivity index (χ1v) is 14.5. The molecule has 1 unspecified atom stereocenters. The molecule has 218 valence electrons. The normalized spacial score (nSPS) is 14.6. The molecule has 5 aromatic rings. The molecule has 1 aliphatic rings. The third kappa shape index (κ3) is 6.00. The van der Waals surface area contributed by atoms with Crippen LogP contribution in [0.3, 0.4) is 0 Å². The van der Waals surface area contributed by atoms with Gasteiger partial charge in [-0.25, -0.2) is 0 Å². The van der Waals surface area contributed by atoms with Gasteiger partial charge in [-0.2, -0.15) is 0 Å². The monoisotopic (exact) mass is 580 g/mol. The zero-order chi connectivity index (χ0) is 30.5. The van der Waals surface area contributed by atoms with Crippen LogP contribution >= 0.6 is 0 Å². The van der Waals surface area contributed by atoms with Crippen molar-refractivity contribution < 1.29 is 14.4 Å². The predicted molar refractivity (Wildman–Crippen MR) is 174 cm³/mol. The molecule has 5 aromatic carbocycles. The Morgan fingerprint density at radius 3 is 1.86 bits per heavy atom. The lowest BCUT2D eigenvalue weighted by Crippen LogP contribution is -2.42. The van der Waals surface area contributed by atoms with Crippen LogP contribution in [0, 0.1) is 5.92 Å². The summed E-state index contributed by atoms with van der Waals surface area (Å²) in [6.45, 7) is 0.595. The Labute approximate surface area is 256 Å². The van der Waals surface area contributed by atoms with Gasteiger partial charge >= 0.3 is 0 Å². The van der Waals surface area contributed by atoms with Crippen molar-refractivity contribution in [3.05, 3.63) is 145 Å². The Morgan fingerprint density at radius 2 is 1.20 bits per heavy atom. The standard InChI is InChI=1S/C37H32N4O3/c38-24-26-17-21-31(22-18-26)41-34-14-8-7-13-33(34)40(25-27-15-19-29(20-16-27)28-9-3-1-4-10-28)36(43)32(37(41)44)23-35(42)39-30-11-5-2-6-12-30/h1-22,32H,23-25,38H2,(H,39,42). The number of nitrogens with zero attached hydrogens (tertiary/aromatic N) is 2. The van der Waals surface area contributed by atoms with Crippen molar-refractivity contribution in [1.82, 2.24) is 0 Å². The lowest BCUT2D eigenvalue weighted by atomic mass is 10.00. The van der Waals surface area contributed by atoms with E-state index in [2.05, 4.69) is 17.4 Å². The minimum atomic E-state index is -1.25. The predicted octanol–water partition coefficient (Wildman–Crippen LogP) is 6.67. The Balaban J connectivity index is 1.38. The van der Waals surface area contributed by atoms with Gasteiger partial charge < -0.3 is 16.0 Å². The van der Waals surface area contributed by atoms with Crippen molar-refractivity contribution in [2.24, 2.45) is 11.7 Å². The number of nitrogens with two attached hydrogens (primary N) is 1. The molecule has 0 saturated carbocycles. The van der Waals surface area contributed by atoms with Gasteiger partial charge in [0.05, 0.1) is 17.9 Å². The number of nitrogens with one attached hydrogen (secondary N) is 1. The number of fused-ring (bicyclic) bond motifs is 1. The van der Waals surface area contributed by atoms with Crippen molar-refractivity contribution in [2.45, 2.75) is 19.5 Å². The molecule has 0 aromatic heterocycles. The summed E-state index contributed by atoms with van der Waals surface area (Å²) in [6, 6.07) is 41.8. The van der Waals surface area contributed by atoms with Crippen molar-refractivity contribution >= 4 is 40.5 Å². The summed E-state index contributed by atoms with van der Waals surface area (Å²) >= 11 is 0. The molecule has 3 N–H and O–H groups in total. The SMILES string of the molecule is NCc1ccc(N2C(=O)C(CC(=O)Nc3ccccc3)C(=O)N(Cc3ccc(-c4ccccc4)cc3)c3ccccc32)cc1. The fourth-order valence-electron chi connectivity index (χ4n) is 5.49. The van der Waals surface area contributed by atoms with Crippen LogP contribution in [0.1, 0.15) is 17.5 Å². The molecule has 44 heavy (non-hydrogen) atoms. The van der Waals surface area contributed by atoms with E-state index in [1.807, 2.05) is 109 Å². The van der Waals surface area contributed by atoms with Gasteiger partial charge in [0.25, 0.3) is 0 Å². The second kappa shape index (κ2) is 12.8. The number of anilines is 4. The average molecular weight is 581 g/mol. The van der Waals surface area contributed by atoms with E-state index in [-0.39, 0.29) is 13.0 Å². The molecular weight excluding hydrogens is 548 g/mol. The molecule has 0 spiro atoms. The third-order valence-electron chi connectivity index (χ3n) is 7.78. The molecule has 1 heterocycles. The maximum atomic E-state index is 14.4. The molecular formula is C37H32N4O3. The van der Waals surface area contributed by atoms with Crippen molar-refractivity contribution in [1.29, 1.82) is 0 Å². The van der Waals surface area contributed by atoms with Crippen molar-refractivity contribution in [2.75, 3.05) is 15.1 Å². The van der Waals surface area contributed by atoms with E-state index >= 15 is 0 Å². The number of carbonyl (C=O) groups excluding carboxylic acids is 3. The second-order valence-corrected chi connectivity index (χ2v) is 10.7. The van der Waals surface area contributed by atoms with Crippen LogP contribution < -0.4 is 20.9 Å². The van der Waals surface area contributed by atoms with Gasteiger partial charge in [0, 0.05) is 24.3 Å². The highest BCUT2D eigenvalue weighted by Crippen LogP contribution is 2.40. The van der Waals surface area contributed by atoms with Crippen LogP contribution in [0.25, 0.3) is 11.1 Å². The molecule has 7 heteroatoms. The van der Waals surface area contributed by atoms with Gasteiger partial charge in [-0.3, -0.25) is 19.3 Å². The van der Waals surface area contributed by atoms with Crippen molar-refractivity contribution in [3.63, 3.8) is 0 Å². The first-order valence-electron chi connectivity index (χ1n) is 14.5. The quantitative estimate of drug-likeness (QED) is 0.201. The molecule has 3 amide bonds. The summed E-state index contributed by atoms with van der Waals surface area (Å²) in [5, 5.41) is 2.83. The summed E-state index contributed by atoms with van der Waals surface area (Å²) in [5.74, 6) is -2.56. The van der Waals surface area contributed by atoms with Gasteiger partial charge in [-0.05, 0) is 58.7 Å². The first kappa shape index (κ1) is 28.6. The Kier molecular flexibility index (Phi) is 8.30. The molecule has 0 fully saturated rings. The smallest absolute Gasteiger partial charge is 0.244 e. The zero-order valence-corrected chi connectivity index (χ0v) is 24.1. The van der Waals surface area contributed by atoms with Crippen LogP contribution in [0.4, 0.5) is 22.7 Å². The minimum absolute atomic E-state index is 0.231. The topological polar surface area (TPSA) is 95.7 Å². The maximum absolute atomic E-state index is 14.4.